The molecule has 3 N–H and O–H groups in total. The lowest BCUT2D eigenvalue weighted by molar-refractivity contribution is -0.123. The Hall–Kier alpha value is -2.35. The molecule has 2 rings (SSSR count). The van der Waals surface area contributed by atoms with E-state index in [1.54, 1.807) is 12.1 Å². The quantitative estimate of drug-likeness (QED) is 0.652. The minimum atomic E-state index is -3.28. The summed E-state index contributed by atoms with van der Waals surface area (Å²) in [4.78, 5) is 24.3. The SMILES string of the molecule is CC(C)CC1NC(=O)C(C(=O)NCc2ccc(S(C)(=O)=O)cc2)=C1O. The molecule has 0 aromatic heterocycles. The molecule has 0 bridgehead atoms. The van der Waals surface area contributed by atoms with Crippen LogP contribution in [-0.4, -0.2) is 37.6 Å². The first-order valence-corrected chi connectivity index (χ1v) is 9.80. The van der Waals surface area contributed by atoms with Crippen molar-refractivity contribution in [3.05, 3.63) is 41.2 Å². The molecule has 0 fully saturated rings. The Morgan fingerprint density at radius 3 is 2.40 bits per heavy atom. The number of sulfone groups is 1. The molecule has 1 atom stereocenters. The zero-order valence-electron chi connectivity index (χ0n) is 14.4. The van der Waals surface area contributed by atoms with Crippen molar-refractivity contribution in [1.82, 2.24) is 10.6 Å². The normalized spacial score (nSPS) is 17.8. The highest BCUT2D eigenvalue weighted by Gasteiger charge is 2.35. The molecule has 8 heteroatoms. The predicted molar refractivity (Wildman–Crippen MR) is 92.4 cm³/mol. The number of rotatable bonds is 6. The van der Waals surface area contributed by atoms with E-state index in [1.165, 1.54) is 12.1 Å². The summed E-state index contributed by atoms with van der Waals surface area (Å²) in [6, 6.07) is 5.54. The summed E-state index contributed by atoms with van der Waals surface area (Å²) in [6.45, 7) is 4.02. The maximum atomic E-state index is 12.2. The number of amides is 2. The maximum absolute atomic E-state index is 12.2. The number of aliphatic hydroxyl groups excluding tert-OH is 1. The third kappa shape index (κ3) is 4.60. The van der Waals surface area contributed by atoms with Gasteiger partial charge in [0.1, 0.15) is 11.3 Å². The maximum Gasteiger partial charge on any atom is 0.261 e. The molecule has 25 heavy (non-hydrogen) atoms. The van der Waals surface area contributed by atoms with Gasteiger partial charge in [0.05, 0.1) is 10.9 Å². The highest BCUT2D eigenvalue weighted by atomic mass is 32.2. The number of carbonyl (C=O) groups excluding carboxylic acids is 2. The second-order valence-electron chi connectivity index (χ2n) is 6.51. The minimum absolute atomic E-state index is 0.113. The van der Waals surface area contributed by atoms with Crippen LogP contribution in [0, 0.1) is 5.92 Å². The summed E-state index contributed by atoms with van der Waals surface area (Å²) < 4.78 is 22.8. The van der Waals surface area contributed by atoms with E-state index in [0.29, 0.717) is 12.0 Å². The summed E-state index contributed by atoms with van der Waals surface area (Å²) in [5, 5.41) is 15.3. The lowest BCUT2D eigenvalue weighted by Crippen LogP contribution is -2.32. The van der Waals surface area contributed by atoms with Gasteiger partial charge in [0.2, 0.25) is 0 Å². The summed E-state index contributed by atoms with van der Waals surface area (Å²) >= 11 is 0. The van der Waals surface area contributed by atoms with Crippen molar-refractivity contribution >= 4 is 21.7 Å². The lowest BCUT2D eigenvalue weighted by Gasteiger charge is -2.12. The monoisotopic (exact) mass is 366 g/mol. The Morgan fingerprint density at radius 1 is 1.28 bits per heavy atom. The Bertz CT molecular complexity index is 810. The first-order valence-electron chi connectivity index (χ1n) is 7.90. The number of hydrogen-bond acceptors (Lipinski definition) is 5. The first-order chi connectivity index (χ1) is 11.6. The zero-order valence-corrected chi connectivity index (χ0v) is 15.2. The molecule has 0 saturated heterocycles. The van der Waals surface area contributed by atoms with Crippen LogP contribution in [0.3, 0.4) is 0 Å². The minimum Gasteiger partial charge on any atom is -0.509 e. The fourth-order valence-electron chi connectivity index (χ4n) is 2.58. The van der Waals surface area contributed by atoms with Gasteiger partial charge in [-0.2, -0.15) is 0 Å². The van der Waals surface area contributed by atoms with Gasteiger partial charge in [0, 0.05) is 12.8 Å². The van der Waals surface area contributed by atoms with E-state index < -0.39 is 27.7 Å². The summed E-state index contributed by atoms with van der Waals surface area (Å²) in [5.41, 5.74) is 0.413. The fourth-order valence-corrected chi connectivity index (χ4v) is 3.21. The molecule has 1 aliphatic rings. The Kier molecular flexibility index (Phi) is 5.52. The molecule has 0 saturated carbocycles. The van der Waals surface area contributed by atoms with Crippen LogP contribution in [0.5, 0.6) is 0 Å². The van der Waals surface area contributed by atoms with E-state index >= 15 is 0 Å². The number of benzene rings is 1. The molecule has 0 spiro atoms. The van der Waals surface area contributed by atoms with Crippen LogP contribution in [-0.2, 0) is 26.0 Å². The van der Waals surface area contributed by atoms with E-state index in [-0.39, 0.29) is 28.7 Å². The van der Waals surface area contributed by atoms with Crippen molar-refractivity contribution < 1.29 is 23.1 Å². The number of hydrogen-bond donors (Lipinski definition) is 3. The Morgan fingerprint density at radius 2 is 1.88 bits per heavy atom. The van der Waals surface area contributed by atoms with Crippen molar-refractivity contribution in [1.29, 1.82) is 0 Å². The second kappa shape index (κ2) is 7.26. The molecule has 1 aromatic rings. The highest BCUT2D eigenvalue weighted by molar-refractivity contribution is 7.90. The van der Waals surface area contributed by atoms with Gasteiger partial charge in [-0.3, -0.25) is 9.59 Å². The molecule has 7 nitrogen and oxygen atoms in total. The van der Waals surface area contributed by atoms with Gasteiger partial charge >= 0.3 is 0 Å². The molecule has 136 valence electrons. The molecular formula is C17H22N2O5S. The Balaban J connectivity index is 2.04. The molecule has 0 radical (unpaired) electrons. The van der Waals surface area contributed by atoms with Gasteiger partial charge in [-0.1, -0.05) is 26.0 Å². The highest BCUT2D eigenvalue weighted by Crippen LogP contribution is 2.21. The van der Waals surface area contributed by atoms with Gasteiger partial charge in [0.15, 0.2) is 9.84 Å². The van der Waals surface area contributed by atoms with Crippen molar-refractivity contribution in [3.63, 3.8) is 0 Å². The number of aliphatic hydroxyl groups is 1. The summed E-state index contributed by atoms with van der Waals surface area (Å²) in [7, 11) is -3.28. The van der Waals surface area contributed by atoms with Crippen LogP contribution in [0.2, 0.25) is 0 Å². The van der Waals surface area contributed by atoms with Crippen LogP contribution in [0.15, 0.2) is 40.5 Å². The van der Waals surface area contributed by atoms with Crippen LogP contribution >= 0.6 is 0 Å². The van der Waals surface area contributed by atoms with Crippen molar-refractivity contribution in [3.8, 4) is 0 Å². The molecule has 2 amide bonds. The van der Waals surface area contributed by atoms with Crippen molar-refractivity contribution in [2.75, 3.05) is 6.26 Å². The van der Waals surface area contributed by atoms with Crippen LogP contribution < -0.4 is 10.6 Å². The number of carbonyl (C=O) groups is 2. The Labute approximate surface area is 147 Å². The van der Waals surface area contributed by atoms with Crippen molar-refractivity contribution in [2.45, 2.75) is 37.8 Å². The van der Waals surface area contributed by atoms with E-state index in [9.17, 15) is 23.1 Å². The molecular weight excluding hydrogens is 344 g/mol. The van der Waals surface area contributed by atoms with E-state index in [1.807, 2.05) is 13.8 Å². The van der Waals surface area contributed by atoms with Crippen LogP contribution in [0.25, 0.3) is 0 Å². The average molecular weight is 366 g/mol. The molecule has 1 aromatic carbocycles. The summed E-state index contributed by atoms with van der Waals surface area (Å²) in [5.74, 6) is -1.23. The van der Waals surface area contributed by atoms with E-state index in [4.69, 9.17) is 0 Å². The standard InChI is InChI=1S/C17H22N2O5S/c1-10(2)8-13-15(20)14(17(22)19-13)16(21)18-9-11-4-6-12(7-5-11)25(3,23)24/h4-7,10,13,20H,8-9H2,1-3H3,(H,18,21)(H,19,22). The van der Waals surface area contributed by atoms with Gasteiger partial charge in [-0.05, 0) is 30.0 Å². The average Bonchev–Trinajstić information content (AvgIpc) is 2.78. The molecule has 1 unspecified atom stereocenters. The molecule has 1 heterocycles. The topological polar surface area (TPSA) is 113 Å². The fraction of sp³-hybridized carbons (Fsp3) is 0.412. The van der Waals surface area contributed by atoms with Gasteiger partial charge in [-0.15, -0.1) is 0 Å². The lowest BCUT2D eigenvalue weighted by atomic mass is 10.0. The van der Waals surface area contributed by atoms with Crippen molar-refractivity contribution in [2.24, 2.45) is 5.92 Å². The third-order valence-corrected chi connectivity index (χ3v) is 4.99. The third-order valence-electron chi connectivity index (χ3n) is 3.86. The van der Waals surface area contributed by atoms with E-state index in [2.05, 4.69) is 10.6 Å². The molecule has 1 aliphatic heterocycles. The smallest absolute Gasteiger partial charge is 0.261 e. The largest absolute Gasteiger partial charge is 0.509 e. The number of nitrogens with one attached hydrogen (secondary N) is 2. The molecule has 0 aliphatic carbocycles. The first kappa shape index (κ1) is 19.0. The van der Waals surface area contributed by atoms with Gasteiger partial charge in [-0.25, -0.2) is 8.42 Å². The van der Waals surface area contributed by atoms with Gasteiger partial charge in [0.25, 0.3) is 11.8 Å². The van der Waals surface area contributed by atoms with Crippen LogP contribution in [0.1, 0.15) is 25.8 Å². The van der Waals surface area contributed by atoms with E-state index in [0.717, 1.165) is 6.26 Å². The van der Waals surface area contributed by atoms with Crippen LogP contribution in [0.4, 0.5) is 0 Å². The summed E-state index contributed by atoms with van der Waals surface area (Å²) in [6.07, 6.45) is 1.66. The second-order valence-corrected chi connectivity index (χ2v) is 8.53. The predicted octanol–water partition coefficient (Wildman–Crippen LogP) is 1.06. The zero-order chi connectivity index (χ0) is 18.8. The van der Waals surface area contributed by atoms with Gasteiger partial charge < -0.3 is 15.7 Å².